The molecule has 0 aliphatic heterocycles. The lowest BCUT2D eigenvalue weighted by Gasteiger charge is -1.97. The van der Waals surface area contributed by atoms with Gasteiger partial charge < -0.3 is 0 Å². The van der Waals surface area contributed by atoms with Gasteiger partial charge in [-0.1, -0.05) is 0 Å². The van der Waals surface area contributed by atoms with Gasteiger partial charge in [0.05, 0.1) is 10.3 Å². The summed E-state index contributed by atoms with van der Waals surface area (Å²) in [6, 6.07) is 3.34. The standard InChI is InChI=1S/C9H7NO2S2/c1-5-4-14-8-3-6(13)2-7(9(5)8)10(11)12/h2-4,13H,1H3. The minimum absolute atomic E-state index is 0.145. The molecule has 0 saturated heterocycles. The molecule has 0 saturated carbocycles. The van der Waals surface area contributed by atoms with Crippen LogP contribution in [0.15, 0.2) is 22.4 Å². The maximum absolute atomic E-state index is 10.8. The molecule has 0 unspecified atom stereocenters. The lowest BCUT2D eigenvalue weighted by molar-refractivity contribution is -0.383. The van der Waals surface area contributed by atoms with E-state index in [2.05, 4.69) is 12.6 Å². The van der Waals surface area contributed by atoms with Gasteiger partial charge in [-0.15, -0.1) is 24.0 Å². The second-order valence-corrected chi connectivity index (χ2v) is 4.44. The molecule has 1 aromatic heterocycles. The van der Waals surface area contributed by atoms with Crippen molar-refractivity contribution in [2.75, 3.05) is 0 Å². The van der Waals surface area contributed by atoms with Gasteiger partial charge in [-0.05, 0) is 23.9 Å². The Morgan fingerprint density at radius 3 is 2.86 bits per heavy atom. The van der Waals surface area contributed by atoms with Crippen LogP contribution in [0.3, 0.4) is 0 Å². The van der Waals surface area contributed by atoms with Crippen molar-refractivity contribution in [2.24, 2.45) is 0 Å². The van der Waals surface area contributed by atoms with Crippen molar-refractivity contribution in [3.63, 3.8) is 0 Å². The van der Waals surface area contributed by atoms with Crippen molar-refractivity contribution in [3.8, 4) is 0 Å². The average Bonchev–Trinajstić information content (AvgIpc) is 2.46. The van der Waals surface area contributed by atoms with E-state index in [1.807, 2.05) is 18.4 Å². The molecule has 0 atom stereocenters. The van der Waals surface area contributed by atoms with Gasteiger partial charge >= 0.3 is 0 Å². The van der Waals surface area contributed by atoms with Gasteiger partial charge in [0.1, 0.15) is 0 Å². The largest absolute Gasteiger partial charge is 0.279 e. The highest BCUT2D eigenvalue weighted by Crippen LogP contribution is 2.35. The molecule has 0 amide bonds. The van der Waals surface area contributed by atoms with E-state index < -0.39 is 0 Å². The maximum atomic E-state index is 10.8. The van der Waals surface area contributed by atoms with Crippen LogP contribution < -0.4 is 0 Å². The summed E-state index contributed by atoms with van der Waals surface area (Å²) in [6.45, 7) is 1.88. The molecular weight excluding hydrogens is 218 g/mol. The number of thiophene rings is 1. The molecule has 2 aromatic rings. The number of nitrogens with zero attached hydrogens (tertiary/aromatic N) is 1. The second-order valence-electron chi connectivity index (χ2n) is 3.01. The van der Waals surface area contributed by atoms with Gasteiger partial charge in [-0.25, -0.2) is 0 Å². The highest BCUT2D eigenvalue weighted by Gasteiger charge is 2.15. The third-order valence-corrected chi connectivity index (χ3v) is 3.33. The van der Waals surface area contributed by atoms with Crippen LogP contribution in [0.1, 0.15) is 5.56 Å². The van der Waals surface area contributed by atoms with Gasteiger partial charge in [0.25, 0.3) is 5.69 Å². The molecule has 1 aromatic carbocycles. The van der Waals surface area contributed by atoms with E-state index in [0.29, 0.717) is 4.90 Å². The van der Waals surface area contributed by atoms with Crippen molar-refractivity contribution in [2.45, 2.75) is 11.8 Å². The fraction of sp³-hybridized carbons (Fsp3) is 0.111. The van der Waals surface area contributed by atoms with Crippen LogP contribution in [0.5, 0.6) is 0 Å². The normalized spacial score (nSPS) is 10.7. The smallest absolute Gasteiger partial charge is 0.258 e. The van der Waals surface area contributed by atoms with E-state index in [1.165, 1.54) is 17.4 Å². The Labute approximate surface area is 89.9 Å². The Bertz CT molecular complexity index is 519. The van der Waals surface area contributed by atoms with Crippen molar-refractivity contribution >= 4 is 39.7 Å². The first-order valence-corrected chi connectivity index (χ1v) is 5.27. The average molecular weight is 225 g/mol. The molecule has 2 rings (SSSR count). The number of rotatable bonds is 1. The molecule has 0 fully saturated rings. The number of benzene rings is 1. The van der Waals surface area contributed by atoms with E-state index in [1.54, 1.807) is 0 Å². The topological polar surface area (TPSA) is 43.1 Å². The first-order valence-electron chi connectivity index (χ1n) is 3.95. The van der Waals surface area contributed by atoms with Crippen LogP contribution in [0, 0.1) is 17.0 Å². The predicted octanol–water partition coefficient (Wildman–Crippen LogP) is 3.41. The van der Waals surface area contributed by atoms with Gasteiger partial charge in [0.15, 0.2) is 0 Å². The summed E-state index contributed by atoms with van der Waals surface area (Å²) in [5.41, 5.74) is 1.09. The molecule has 5 heteroatoms. The van der Waals surface area contributed by atoms with E-state index in [4.69, 9.17) is 0 Å². The SMILES string of the molecule is Cc1csc2cc(S)cc([N+](=O)[O-])c12. The first-order chi connectivity index (χ1) is 6.59. The van der Waals surface area contributed by atoms with Crippen LogP contribution in [0.25, 0.3) is 10.1 Å². The molecule has 0 spiro atoms. The number of fused-ring (bicyclic) bond motifs is 1. The van der Waals surface area contributed by atoms with Crippen LogP contribution in [0.4, 0.5) is 5.69 Å². The van der Waals surface area contributed by atoms with E-state index >= 15 is 0 Å². The van der Waals surface area contributed by atoms with Crippen molar-refractivity contribution in [1.82, 2.24) is 0 Å². The number of nitro groups is 1. The molecule has 0 bridgehead atoms. The van der Waals surface area contributed by atoms with E-state index in [9.17, 15) is 10.1 Å². The Morgan fingerprint density at radius 1 is 1.50 bits per heavy atom. The molecule has 72 valence electrons. The zero-order valence-corrected chi connectivity index (χ0v) is 9.06. The molecule has 1 heterocycles. The van der Waals surface area contributed by atoms with Crippen molar-refractivity contribution in [1.29, 1.82) is 0 Å². The molecule has 0 aliphatic carbocycles. The number of aryl methyl sites for hydroxylation is 1. The predicted molar refractivity (Wildman–Crippen MR) is 60.5 cm³/mol. The number of hydrogen-bond acceptors (Lipinski definition) is 4. The van der Waals surface area contributed by atoms with Crippen molar-refractivity contribution < 1.29 is 4.92 Å². The third-order valence-electron chi connectivity index (χ3n) is 2.02. The highest BCUT2D eigenvalue weighted by molar-refractivity contribution is 7.80. The van der Waals surface area contributed by atoms with Crippen LogP contribution in [-0.4, -0.2) is 4.92 Å². The van der Waals surface area contributed by atoms with Crippen molar-refractivity contribution in [3.05, 3.63) is 33.2 Å². The lowest BCUT2D eigenvalue weighted by atomic mass is 10.1. The fourth-order valence-electron chi connectivity index (χ4n) is 1.43. The summed E-state index contributed by atoms with van der Waals surface area (Å²) in [6.07, 6.45) is 0. The van der Waals surface area contributed by atoms with Crippen LogP contribution in [0.2, 0.25) is 0 Å². The molecule has 3 nitrogen and oxygen atoms in total. The number of hydrogen-bond donors (Lipinski definition) is 1. The summed E-state index contributed by atoms with van der Waals surface area (Å²) in [4.78, 5) is 11.1. The second kappa shape index (κ2) is 3.25. The summed E-state index contributed by atoms with van der Waals surface area (Å²) in [7, 11) is 0. The minimum Gasteiger partial charge on any atom is -0.258 e. The number of thiol groups is 1. The van der Waals surface area contributed by atoms with E-state index in [-0.39, 0.29) is 10.6 Å². The van der Waals surface area contributed by atoms with E-state index in [0.717, 1.165) is 15.6 Å². The summed E-state index contributed by atoms with van der Waals surface area (Å²) in [5.74, 6) is 0. The van der Waals surface area contributed by atoms with Gasteiger partial charge in [0, 0.05) is 15.7 Å². The summed E-state index contributed by atoms with van der Waals surface area (Å²) in [5, 5.41) is 13.4. The third kappa shape index (κ3) is 1.38. The molecule has 0 radical (unpaired) electrons. The Balaban J connectivity index is 2.90. The Morgan fingerprint density at radius 2 is 2.21 bits per heavy atom. The fourth-order valence-corrected chi connectivity index (χ4v) is 2.77. The monoisotopic (exact) mass is 225 g/mol. The Hall–Kier alpha value is -1.07. The summed E-state index contributed by atoms with van der Waals surface area (Å²) < 4.78 is 0.918. The Kier molecular flexibility index (Phi) is 2.20. The number of non-ortho nitro benzene ring substituents is 1. The zero-order chi connectivity index (χ0) is 10.3. The lowest BCUT2D eigenvalue weighted by Crippen LogP contribution is -1.89. The maximum Gasteiger partial charge on any atom is 0.279 e. The minimum atomic E-state index is -0.359. The van der Waals surface area contributed by atoms with Gasteiger partial charge in [-0.3, -0.25) is 10.1 Å². The zero-order valence-electron chi connectivity index (χ0n) is 7.35. The first kappa shape index (κ1) is 9.48. The molecular formula is C9H7NO2S2. The van der Waals surface area contributed by atoms with Gasteiger partial charge in [-0.2, -0.15) is 0 Å². The van der Waals surface area contributed by atoms with Crippen LogP contribution >= 0.6 is 24.0 Å². The number of nitro benzene ring substituents is 1. The quantitative estimate of drug-likeness (QED) is 0.459. The van der Waals surface area contributed by atoms with Crippen LogP contribution in [-0.2, 0) is 0 Å². The highest BCUT2D eigenvalue weighted by atomic mass is 32.1. The van der Waals surface area contributed by atoms with Gasteiger partial charge in [0.2, 0.25) is 0 Å². The molecule has 14 heavy (non-hydrogen) atoms. The molecule has 0 aliphatic rings. The molecule has 0 N–H and O–H groups in total. The summed E-state index contributed by atoms with van der Waals surface area (Å²) >= 11 is 5.64.